The first-order valence-electron chi connectivity index (χ1n) is 4.58. The van der Waals surface area contributed by atoms with Crippen LogP contribution in [-0.4, -0.2) is 21.9 Å². The van der Waals surface area contributed by atoms with E-state index >= 15 is 0 Å². The summed E-state index contributed by atoms with van der Waals surface area (Å²) in [5.74, 6) is 0.828. The van der Waals surface area contributed by atoms with Gasteiger partial charge in [-0.3, -0.25) is 0 Å². The van der Waals surface area contributed by atoms with Gasteiger partial charge in [-0.2, -0.15) is 4.98 Å². The summed E-state index contributed by atoms with van der Waals surface area (Å²) in [6, 6.07) is 7.72. The predicted octanol–water partition coefficient (Wildman–Crippen LogP) is 2.75. The number of methoxy groups -OCH3 is 1. The van der Waals surface area contributed by atoms with Crippen LogP contribution in [0.1, 0.15) is 5.56 Å². The van der Waals surface area contributed by atoms with Crippen molar-refractivity contribution < 1.29 is 4.74 Å². The Bertz CT molecular complexity index is 483. The van der Waals surface area contributed by atoms with Gasteiger partial charge >= 0.3 is 0 Å². The van der Waals surface area contributed by atoms with Crippen molar-refractivity contribution in [1.29, 1.82) is 0 Å². The largest absolute Gasteiger partial charge is 0.497 e. The highest BCUT2D eigenvalue weighted by Crippen LogP contribution is 2.15. The third-order valence-corrected chi connectivity index (χ3v) is 2.71. The molecule has 0 radical (unpaired) electrons. The maximum absolute atomic E-state index is 5.89. The molecule has 0 N–H and O–H groups in total. The molecule has 84 valence electrons. The number of rotatable bonds is 3. The molecule has 1 aromatic heterocycles. The van der Waals surface area contributed by atoms with Crippen LogP contribution in [0.3, 0.4) is 0 Å². The predicted molar refractivity (Wildman–Crippen MR) is 64.8 cm³/mol. The van der Waals surface area contributed by atoms with Crippen LogP contribution in [0.15, 0.2) is 29.0 Å². The standard InChI is InChI=1S/C10H9BrClN3O/c1-16-8-4-2-7(3-5-8)6-15-10(12)13-9(11)14-15/h2-5H,6H2,1H3. The normalized spacial score (nSPS) is 10.4. The minimum atomic E-state index is 0.364. The fraction of sp³-hybridized carbons (Fsp3) is 0.200. The minimum absolute atomic E-state index is 0.364. The number of hydrogen-bond acceptors (Lipinski definition) is 3. The van der Waals surface area contributed by atoms with Crippen molar-refractivity contribution in [3.8, 4) is 5.75 Å². The molecule has 0 amide bonds. The summed E-state index contributed by atoms with van der Waals surface area (Å²) in [4.78, 5) is 3.95. The van der Waals surface area contributed by atoms with Gasteiger partial charge in [-0.05, 0) is 45.2 Å². The highest BCUT2D eigenvalue weighted by molar-refractivity contribution is 9.10. The van der Waals surface area contributed by atoms with Gasteiger partial charge in [0.15, 0.2) is 0 Å². The third kappa shape index (κ3) is 2.54. The van der Waals surface area contributed by atoms with Crippen molar-refractivity contribution in [3.05, 3.63) is 39.8 Å². The molecule has 0 atom stereocenters. The van der Waals surface area contributed by atoms with E-state index in [1.54, 1.807) is 11.8 Å². The summed E-state index contributed by atoms with van der Waals surface area (Å²) in [6.07, 6.45) is 0. The Morgan fingerprint density at radius 2 is 2.06 bits per heavy atom. The quantitative estimate of drug-likeness (QED) is 0.875. The van der Waals surface area contributed by atoms with Gasteiger partial charge in [-0.15, -0.1) is 5.10 Å². The second kappa shape index (κ2) is 4.84. The smallest absolute Gasteiger partial charge is 0.222 e. The number of halogens is 2. The summed E-state index contributed by atoms with van der Waals surface area (Å²) < 4.78 is 7.19. The van der Waals surface area contributed by atoms with Crippen LogP contribution in [0, 0.1) is 0 Å². The molecule has 0 saturated heterocycles. The molecule has 0 spiro atoms. The van der Waals surface area contributed by atoms with Crippen LogP contribution in [0.2, 0.25) is 5.28 Å². The SMILES string of the molecule is COc1ccc(Cn2nc(Br)nc2Cl)cc1. The van der Waals surface area contributed by atoms with Crippen LogP contribution in [0.4, 0.5) is 0 Å². The first-order valence-corrected chi connectivity index (χ1v) is 5.75. The summed E-state index contributed by atoms with van der Waals surface area (Å²) in [5, 5.41) is 4.47. The van der Waals surface area contributed by atoms with Crippen LogP contribution < -0.4 is 4.74 Å². The lowest BCUT2D eigenvalue weighted by molar-refractivity contribution is 0.414. The number of aromatic nitrogens is 3. The van der Waals surface area contributed by atoms with Crippen LogP contribution in [0.5, 0.6) is 5.75 Å². The van der Waals surface area contributed by atoms with E-state index in [0.29, 0.717) is 16.6 Å². The van der Waals surface area contributed by atoms with Crippen molar-refractivity contribution >= 4 is 27.5 Å². The van der Waals surface area contributed by atoms with E-state index in [0.717, 1.165) is 11.3 Å². The Kier molecular flexibility index (Phi) is 3.46. The summed E-state index contributed by atoms with van der Waals surface area (Å²) in [6.45, 7) is 0.585. The van der Waals surface area contributed by atoms with E-state index in [4.69, 9.17) is 16.3 Å². The molecule has 16 heavy (non-hydrogen) atoms. The van der Waals surface area contributed by atoms with Gasteiger partial charge < -0.3 is 4.74 Å². The van der Waals surface area contributed by atoms with Crippen LogP contribution in [-0.2, 0) is 6.54 Å². The Labute approximate surface area is 106 Å². The highest BCUT2D eigenvalue weighted by Gasteiger charge is 2.05. The first-order chi connectivity index (χ1) is 7.69. The maximum atomic E-state index is 5.89. The molecule has 0 unspecified atom stereocenters. The molecule has 0 aliphatic carbocycles. The molecule has 1 heterocycles. The molecule has 0 fully saturated rings. The van der Waals surface area contributed by atoms with Gasteiger partial charge in [0, 0.05) is 0 Å². The van der Waals surface area contributed by atoms with E-state index in [-0.39, 0.29) is 0 Å². The lowest BCUT2D eigenvalue weighted by Crippen LogP contribution is -2.01. The number of hydrogen-bond donors (Lipinski definition) is 0. The van der Waals surface area contributed by atoms with Crippen molar-refractivity contribution in [2.24, 2.45) is 0 Å². The average Bonchev–Trinajstić information content (AvgIpc) is 2.59. The van der Waals surface area contributed by atoms with Gasteiger partial charge in [-0.1, -0.05) is 12.1 Å². The third-order valence-electron chi connectivity index (χ3n) is 2.09. The Morgan fingerprint density at radius 1 is 1.38 bits per heavy atom. The molecule has 2 rings (SSSR count). The van der Waals surface area contributed by atoms with E-state index in [1.165, 1.54) is 0 Å². The molecule has 0 aliphatic heterocycles. The van der Waals surface area contributed by atoms with Gasteiger partial charge in [-0.25, -0.2) is 4.68 Å². The van der Waals surface area contributed by atoms with Crippen molar-refractivity contribution in [2.75, 3.05) is 7.11 Å². The van der Waals surface area contributed by atoms with E-state index in [1.807, 2.05) is 24.3 Å². The average molecular weight is 303 g/mol. The molecular formula is C10H9BrClN3O. The molecule has 0 saturated carbocycles. The fourth-order valence-corrected chi connectivity index (χ4v) is 1.94. The van der Waals surface area contributed by atoms with Crippen LogP contribution >= 0.6 is 27.5 Å². The molecule has 4 nitrogen and oxygen atoms in total. The lowest BCUT2D eigenvalue weighted by atomic mass is 10.2. The maximum Gasteiger partial charge on any atom is 0.222 e. The van der Waals surface area contributed by atoms with E-state index < -0.39 is 0 Å². The van der Waals surface area contributed by atoms with Crippen molar-refractivity contribution in [3.63, 3.8) is 0 Å². The zero-order valence-electron chi connectivity index (χ0n) is 8.52. The number of benzene rings is 1. The molecule has 1 aromatic carbocycles. The van der Waals surface area contributed by atoms with Crippen molar-refractivity contribution in [1.82, 2.24) is 14.8 Å². The lowest BCUT2D eigenvalue weighted by Gasteiger charge is -2.03. The summed E-state index contributed by atoms with van der Waals surface area (Å²) in [5.41, 5.74) is 1.08. The van der Waals surface area contributed by atoms with Gasteiger partial charge in [0.1, 0.15) is 5.75 Å². The van der Waals surface area contributed by atoms with Gasteiger partial charge in [0.05, 0.1) is 13.7 Å². The molecule has 0 bridgehead atoms. The van der Waals surface area contributed by atoms with E-state index in [9.17, 15) is 0 Å². The van der Waals surface area contributed by atoms with E-state index in [2.05, 4.69) is 26.0 Å². The van der Waals surface area contributed by atoms with Crippen molar-refractivity contribution in [2.45, 2.75) is 6.54 Å². The first kappa shape index (κ1) is 11.4. The molecule has 6 heteroatoms. The van der Waals surface area contributed by atoms with Gasteiger partial charge in [0.25, 0.3) is 0 Å². The highest BCUT2D eigenvalue weighted by atomic mass is 79.9. The summed E-state index contributed by atoms with van der Waals surface area (Å²) in [7, 11) is 1.64. The molecule has 2 aromatic rings. The Morgan fingerprint density at radius 3 is 2.56 bits per heavy atom. The molecule has 0 aliphatic rings. The topological polar surface area (TPSA) is 39.9 Å². The number of nitrogens with zero attached hydrogens (tertiary/aromatic N) is 3. The van der Waals surface area contributed by atoms with Crippen LogP contribution in [0.25, 0.3) is 0 Å². The minimum Gasteiger partial charge on any atom is -0.497 e. The second-order valence-electron chi connectivity index (χ2n) is 3.16. The zero-order valence-corrected chi connectivity index (χ0v) is 10.9. The second-order valence-corrected chi connectivity index (χ2v) is 4.20. The Hall–Kier alpha value is -1.07. The fourth-order valence-electron chi connectivity index (χ4n) is 1.30. The number of ether oxygens (including phenoxy) is 1. The molecular weight excluding hydrogens is 293 g/mol. The summed E-state index contributed by atoms with van der Waals surface area (Å²) >= 11 is 9.06. The van der Waals surface area contributed by atoms with Gasteiger partial charge in [0.2, 0.25) is 10.0 Å². The Balaban J connectivity index is 2.17. The zero-order chi connectivity index (χ0) is 11.5. The monoisotopic (exact) mass is 301 g/mol.